The molecule has 3 heterocycles. The number of likely N-dealkylation sites (tertiary alicyclic amines) is 1. The minimum Gasteiger partial charge on any atom is -0.369 e. The fourth-order valence-electron chi connectivity index (χ4n) is 2.84. The van der Waals surface area contributed by atoms with Crippen molar-refractivity contribution >= 4 is 17.1 Å². The third kappa shape index (κ3) is 2.06. The molecule has 2 N–H and O–H groups in total. The Morgan fingerprint density at radius 1 is 1.50 bits per heavy atom. The summed E-state index contributed by atoms with van der Waals surface area (Å²) in [5.74, 6) is 1.22. The number of pyridine rings is 1. The van der Waals surface area contributed by atoms with Crippen LogP contribution in [-0.4, -0.2) is 39.6 Å². The normalized spacial score (nSPS) is 21.5. The maximum absolute atomic E-state index is 6.00. The van der Waals surface area contributed by atoms with Gasteiger partial charge in [-0.15, -0.1) is 0 Å². The number of rotatable bonds is 2. The average Bonchev–Trinajstić information content (AvgIpc) is 2.66. The van der Waals surface area contributed by atoms with Crippen molar-refractivity contribution in [2.45, 2.75) is 19.4 Å². The lowest BCUT2D eigenvalue weighted by Gasteiger charge is -2.30. The maximum Gasteiger partial charge on any atom is 0.202 e. The Hall–Kier alpha value is -1.62. The molecule has 0 radical (unpaired) electrons. The molecule has 0 aliphatic carbocycles. The van der Waals surface area contributed by atoms with Gasteiger partial charge in [-0.25, -0.2) is 9.97 Å². The lowest BCUT2D eigenvalue weighted by molar-refractivity contribution is 0.196. The van der Waals surface area contributed by atoms with Crippen molar-refractivity contribution in [2.75, 3.05) is 25.9 Å². The number of fused-ring (bicyclic) bond motifs is 1. The van der Waals surface area contributed by atoms with Crippen LogP contribution in [-0.2, 0) is 6.54 Å². The third-order valence-corrected chi connectivity index (χ3v) is 3.70. The van der Waals surface area contributed by atoms with Gasteiger partial charge < -0.3 is 10.6 Å². The molecule has 1 saturated heterocycles. The molecule has 5 nitrogen and oxygen atoms in total. The van der Waals surface area contributed by atoms with E-state index in [0.29, 0.717) is 11.9 Å². The van der Waals surface area contributed by atoms with Crippen molar-refractivity contribution in [3.8, 4) is 0 Å². The lowest BCUT2D eigenvalue weighted by atomic mass is 9.98. The van der Waals surface area contributed by atoms with E-state index in [0.717, 1.165) is 24.3 Å². The van der Waals surface area contributed by atoms with Gasteiger partial charge in [-0.05, 0) is 44.5 Å². The minimum atomic E-state index is 0.580. The van der Waals surface area contributed by atoms with Crippen LogP contribution in [0.3, 0.4) is 0 Å². The van der Waals surface area contributed by atoms with Crippen LogP contribution in [0.4, 0.5) is 5.95 Å². The van der Waals surface area contributed by atoms with E-state index in [1.54, 1.807) is 6.20 Å². The van der Waals surface area contributed by atoms with Crippen LogP contribution in [0, 0.1) is 5.92 Å². The van der Waals surface area contributed by atoms with Crippen molar-refractivity contribution in [1.29, 1.82) is 0 Å². The molecular formula is C13H19N5. The van der Waals surface area contributed by atoms with Crippen LogP contribution in [0.5, 0.6) is 0 Å². The Bertz CT molecular complexity index is 547. The average molecular weight is 245 g/mol. The fraction of sp³-hybridized carbons (Fsp3) is 0.538. The molecule has 0 aromatic carbocycles. The number of hydrogen-bond acceptors (Lipinski definition) is 4. The molecular weight excluding hydrogens is 226 g/mol. The van der Waals surface area contributed by atoms with E-state index < -0.39 is 0 Å². The van der Waals surface area contributed by atoms with Gasteiger partial charge in [-0.1, -0.05) is 0 Å². The summed E-state index contributed by atoms with van der Waals surface area (Å²) >= 11 is 0. The van der Waals surface area contributed by atoms with Gasteiger partial charge in [-0.3, -0.25) is 4.57 Å². The highest BCUT2D eigenvalue weighted by atomic mass is 15.2. The quantitative estimate of drug-likeness (QED) is 0.867. The lowest BCUT2D eigenvalue weighted by Crippen LogP contribution is -2.34. The second-order valence-electron chi connectivity index (χ2n) is 5.20. The summed E-state index contributed by atoms with van der Waals surface area (Å²) in [5.41, 5.74) is 7.80. The predicted octanol–water partition coefficient (Wildman–Crippen LogP) is 1.36. The van der Waals surface area contributed by atoms with Crippen molar-refractivity contribution in [3.63, 3.8) is 0 Å². The minimum absolute atomic E-state index is 0.580. The van der Waals surface area contributed by atoms with Gasteiger partial charge in [0.2, 0.25) is 5.95 Å². The molecule has 1 aliphatic heterocycles. The van der Waals surface area contributed by atoms with E-state index in [9.17, 15) is 0 Å². The molecule has 1 unspecified atom stereocenters. The highest BCUT2D eigenvalue weighted by molar-refractivity contribution is 5.73. The number of nitrogens with two attached hydrogens (primary N) is 1. The number of imidazole rings is 1. The number of nitrogens with zero attached hydrogens (tertiary/aromatic N) is 4. The van der Waals surface area contributed by atoms with Crippen molar-refractivity contribution in [2.24, 2.45) is 5.92 Å². The Morgan fingerprint density at radius 3 is 3.22 bits per heavy atom. The van der Waals surface area contributed by atoms with Crippen molar-refractivity contribution < 1.29 is 0 Å². The summed E-state index contributed by atoms with van der Waals surface area (Å²) in [5, 5.41) is 0. The zero-order chi connectivity index (χ0) is 12.5. The smallest absolute Gasteiger partial charge is 0.202 e. The Balaban J connectivity index is 1.87. The summed E-state index contributed by atoms with van der Waals surface area (Å²) in [6.07, 6.45) is 4.32. The van der Waals surface area contributed by atoms with Gasteiger partial charge in [0.05, 0.1) is 0 Å². The number of aromatic nitrogens is 3. The van der Waals surface area contributed by atoms with Gasteiger partial charge in [-0.2, -0.15) is 0 Å². The Kier molecular flexibility index (Phi) is 2.91. The summed E-state index contributed by atoms with van der Waals surface area (Å²) in [6.45, 7) is 3.25. The maximum atomic E-state index is 6.00. The highest BCUT2D eigenvalue weighted by Gasteiger charge is 2.20. The molecule has 3 rings (SSSR count). The zero-order valence-electron chi connectivity index (χ0n) is 10.7. The Labute approximate surface area is 107 Å². The predicted molar refractivity (Wildman–Crippen MR) is 72.2 cm³/mol. The van der Waals surface area contributed by atoms with E-state index in [1.807, 2.05) is 12.1 Å². The summed E-state index contributed by atoms with van der Waals surface area (Å²) in [7, 11) is 2.18. The van der Waals surface area contributed by atoms with Crippen LogP contribution in [0.2, 0.25) is 0 Å². The van der Waals surface area contributed by atoms with Crippen LogP contribution in [0.15, 0.2) is 18.3 Å². The molecule has 0 saturated carbocycles. The van der Waals surface area contributed by atoms with Crippen LogP contribution in [0.25, 0.3) is 11.2 Å². The van der Waals surface area contributed by atoms with Gasteiger partial charge in [0.25, 0.3) is 0 Å². The van der Waals surface area contributed by atoms with E-state index >= 15 is 0 Å². The Morgan fingerprint density at radius 2 is 2.39 bits per heavy atom. The molecule has 18 heavy (non-hydrogen) atoms. The van der Waals surface area contributed by atoms with E-state index in [4.69, 9.17) is 5.73 Å². The van der Waals surface area contributed by atoms with E-state index in [1.165, 1.54) is 19.4 Å². The second kappa shape index (κ2) is 4.57. The van der Waals surface area contributed by atoms with Gasteiger partial charge in [0.1, 0.15) is 5.52 Å². The number of hydrogen-bond donors (Lipinski definition) is 1. The van der Waals surface area contributed by atoms with Crippen molar-refractivity contribution in [3.05, 3.63) is 18.3 Å². The van der Waals surface area contributed by atoms with Gasteiger partial charge in [0, 0.05) is 19.3 Å². The van der Waals surface area contributed by atoms with Gasteiger partial charge in [0.15, 0.2) is 5.65 Å². The summed E-state index contributed by atoms with van der Waals surface area (Å²) in [6, 6.07) is 3.86. The monoisotopic (exact) mass is 245 g/mol. The van der Waals surface area contributed by atoms with Crippen LogP contribution in [0.1, 0.15) is 12.8 Å². The second-order valence-corrected chi connectivity index (χ2v) is 5.20. The summed E-state index contributed by atoms with van der Waals surface area (Å²) < 4.78 is 2.05. The molecule has 1 atom stereocenters. The molecule has 0 amide bonds. The first kappa shape index (κ1) is 11.5. The van der Waals surface area contributed by atoms with Gasteiger partial charge >= 0.3 is 0 Å². The molecule has 1 aliphatic rings. The van der Waals surface area contributed by atoms with E-state index in [2.05, 4.69) is 26.5 Å². The number of nitrogen functional groups attached to an aromatic ring is 1. The van der Waals surface area contributed by atoms with Crippen molar-refractivity contribution in [1.82, 2.24) is 19.4 Å². The number of anilines is 1. The topological polar surface area (TPSA) is 60.0 Å². The fourth-order valence-corrected chi connectivity index (χ4v) is 2.84. The first-order chi connectivity index (χ1) is 8.74. The molecule has 5 heteroatoms. The third-order valence-electron chi connectivity index (χ3n) is 3.70. The largest absolute Gasteiger partial charge is 0.369 e. The molecule has 2 aromatic heterocycles. The molecule has 0 spiro atoms. The zero-order valence-corrected chi connectivity index (χ0v) is 10.7. The number of piperidine rings is 1. The first-order valence-corrected chi connectivity index (χ1v) is 6.49. The standard InChI is InChI=1S/C13H19N5/c1-17-7-3-4-10(8-17)9-18-12-11(16-13(18)14)5-2-6-15-12/h2,5-6,10H,3-4,7-9H2,1H3,(H2,14,16). The van der Waals surface area contributed by atoms with Crippen LogP contribution >= 0.6 is 0 Å². The molecule has 96 valence electrons. The van der Waals surface area contributed by atoms with E-state index in [-0.39, 0.29) is 0 Å². The highest BCUT2D eigenvalue weighted by Crippen LogP contribution is 2.21. The molecule has 2 aromatic rings. The summed E-state index contributed by atoms with van der Waals surface area (Å²) in [4.78, 5) is 11.1. The SMILES string of the molecule is CN1CCCC(Cn2c(N)nc3cccnc32)C1. The molecule has 1 fully saturated rings. The first-order valence-electron chi connectivity index (χ1n) is 6.49. The van der Waals surface area contributed by atoms with Crippen LogP contribution < -0.4 is 5.73 Å². The molecule has 0 bridgehead atoms.